The second-order valence-corrected chi connectivity index (χ2v) is 6.37. The van der Waals surface area contributed by atoms with Crippen LogP contribution in [0.2, 0.25) is 0 Å². The molecule has 0 atom stereocenters. The molecule has 0 aliphatic heterocycles. The van der Waals surface area contributed by atoms with Crippen LogP contribution in [0, 0.1) is 0 Å². The van der Waals surface area contributed by atoms with Crippen LogP contribution in [0.4, 0.5) is 0 Å². The first-order valence-electron chi connectivity index (χ1n) is 6.66. The lowest BCUT2D eigenvalue weighted by atomic mass is 10.3. The number of carboxylic acids is 1. The Labute approximate surface area is 119 Å². The molecule has 0 radical (unpaired) electrons. The van der Waals surface area contributed by atoms with Crippen LogP contribution in [-0.2, 0) is 21.4 Å². The van der Waals surface area contributed by atoms with E-state index in [0.29, 0.717) is 13.1 Å². The van der Waals surface area contributed by atoms with E-state index < -0.39 is 16.0 Å². The van der Waals surface area contributed by atoms with Crippen LogP contribution in [0.25, 0.3) is 0 Å². The summed E-state index contributed by atoms with van der Waals surface area (Å²) in [4.78, 5) is 10.6. The first kappa shape index (κ1) is 16.6. The second-order valence-electron chi connectivity index (χ2n) is 4.43. The second kappa shape index (κ2) is 7.39. The summed E-state index contributed by atoms with van der Waals surface area (Å²) in [6.07, 6.45) is 4.29. The van der Waals surface area contributed by atoms with Gasteiger partial charge in [0, 0.05) is 19.3 Å². The van der Waals surface area contributed by atoms with Gasteiger partial charge in [0.2, 0.25) is 10.0 Å². The van der Waals surface area contributed by atoms with Gasteiger partial charge in [-0.3, -0.25) is 9.48 Å². The fourth-order valence-corrected chi connectivity index (χ4v) is 3.18. The molecule has 0 aliphatic rings. The number of unbranched alkanes of at least 4 members (excludes halogenated alkanes) is 1. The average Bonchev–Trinajstić information content (AvgIpc) is 2.86. The number of hydrogen-bond donors (Lipinski definition) is 1. The minimum absolute atomic E-state index is 0.0888. The van der Waals surface area contributed by atoms with Crippen molar-refractivity contribution < 1.29 is 18.3 Å². The van der Waals surface area contributed by atoms with Gasteiger partial charge in [0.25, 0.3) is 0 Å². The molecule has 20 heavy (non-hydrogen) atoms. The van der Waals surface area contributed by atoms with Crippen molar-refractivity contribution >= 4 is 16.0 Å². The highest BCUT2D eigenvalue weighted by molar-refractivity contribution is 7.89. The first-order chi connectivity index (χ1) is 9.41. The highest BCUT2D eigenvalue weighted by Gasteiger charge is 2.24. The van der Waals surface area contributed by atoms with Crippen molar-refractivity contribution in [3.8, 4) is 0 Å². The topological polar surface area (TPSA) is 92.5 Å². The van der Waals surface area contributed by atoms with Crippen LogP contribution in [0.5, 0.6) is 0 Å². The zero-order valence-corrected chi connectivity index (χ0v) is 12.6. The molecular weight excluding hydrogens is 282 g/mol. The molecule has 7 nitrogen and oxygen atoms in total. The van der Waals surface area contributed by atoms with Crippen molar-refractivity contribution in [1.29, 1.82) is 0 Å². The van der Waals surface area contributed by atoms with E-state index in [1.54, 1.807) is 6.92 Å². The third-order valence-corrected chi connectivity index (χ3v) is 4.84. The molecule has 0 spiro atoms. The van der Waals surface area contributed by atoms with Crippen molar-refractivity contribution in [2.75, 3.05) is 13.1 Å². The molecule has 0 bridgehead atoms. The van der Waals surface area contributed by atoms with E-state index >= 15 is 0 Å². The third kappa shape index (κ3) is 4.31. The van der Waals surface area contributed by atoms with E-state index in [-0.39, 0.29) is 17.9 Å². The molecule has 1 N–H and O–H groups in total. The van der Waals surface area contributed by atoms with Gasteiger partial charge in [0.05, 0.1) is 19.2 Å². The minimum atomic E-state index is -3.54. The highest BCUT2D eigenvalue weighted by atomic mass is 32.2. The van der Waals surface area contributed by atoms with E-state index in [4.69, 9.17) is 5.11 Å². The lowest BCUT2D eigenvalue weighted by Crippen LogP contribution is -2.31. The van der Waals surface area contributed by atoms with E-state index in [1.807, 2.05) is 6.92 Å². The Morgan fingerprint density at radius 3 is 2.70 bits per heavy atom. The van der Waals surface area contributed by atoms with Crippen molar-refractivity contribution in [2.24, 2.45) is 0 Å². The van der Waals surface area contributed by atoms with Gasteiger partial charge in [-0.15, -0.1) is 0 Å². The Morgan fingerprint density at radius 2 is 2.15 bits per heavy atom. The Balaban J connectivity index is 2.83. The summed E-state index contributed by atoms with van der Waals surface area (Å²) in [6.45, 7) is 4.84. The predicted octanol–water partition coefficient (Wildman–Crippen LogP) is 1.17. The van der Waals surface area contributed by atoms with Crippen LogP contribution >= 0.6 is 0 Å². The summed E-state index contributed by atoms with van der Waals surface area (Å²) in [7, 11) is -3.54. The summed E-state index contributed by atoms with van der Waals surface area (Å²) in [5, 5.41) is 12.5. The number of carbonyl (C=O) groups is 1. The molecule has 0 saturated carbocycles. The quantitative estimate of drug-likeness (QED) is 0.739. The molecule has 114 valence electrons. The van der Waals surface area contributed by atoms with Gasteiger partial charge < -0.3 is 5.11 Å². The number of nitrogens with zero attached hydrogens (tertiary/aromatic N) is 3. The monoisotopic (exact) mass is 303 g/mol. The molecule has 8 heteroatoms. The number of aliphatic carboxylic acids is 1. The van der Waals surface area contributed by atoms with Crippen molar-refractivity contribution in [3.05, 3.63) is 12.4 Å². The zero-order valence-electron chi connectivity index (χ0n) is 11.8. The third-order valence-electron chi connectivity index (χ3n) is 2.92. The van der Waals surface area contributed by atoms with Gasteiger partial charge in [-0.1, -0.05) is 20.3 Å². The lowest BCUT2D eigenvalue weighted by molar-refractivity contribution is -0.137. The number of aryl methyl sites for hydroxylation is 1. The van der Waals surface area contributed by atoms with Gasteiger partial charge in [-0.25, -0.2) is 8.42 Å². The minimum Gasteiger partial charge on any atom is -0.481 e. The Bertz CT molecular complexity index is 539. The molecule has 0 saturated heterocycles. The molecule has 0 fully saturated rings. The lowest BCUT2D eigenvalue weighted by Gasteiger charge is -2.18. The van der Waals surface area contributed by atoms with Crippen molar-refractivity contribution in [2.45, 2.75) is 44.6 Å². The first-order valence-corrected chi connectivity index (χ1v) is 8.10. The fourth-order valence-electron chi connectivity index (χ4n) is 1.74. The van der Waals surface area contributed by atoms with Gasteiger partial charge in [-0.2, -0.15) is 9.40 Å². The smallest absolute Gasteiger partial charge is 0.305 e. The summed E-state index contributed by atoms with van der Waals surface area (Å²) in [6, 6.07) is 0. The van der Waals surface area contributed by atoms with E-state index in [0.717, 1.165) is 12.8 Å². The Morgan fingerprint density at radius 1 is 1.45 bits per heavy atom. The molecular formula is C12H21N3O4S. The van der Waals surface area contributed by atoms with Gasteiger partial charge in [0.15, 0.2) is 0 Å². The van der Waals surface area contributed by atoms with E-state index in [1.165, 1.54) is 21.4 Å². The summed E-state index contributed by atoms with van der Waals surface area (Å²) < 4.78 is 27.5. The molecule has 1 heterocycles. The van der Waals surface area contributed by atoms with Crippen molar-refractivity contribution in [1.82, 2.24) is 14.1 Å². The average molecular weight is 303 g/mol. The standard InChI is InChI=1S/C12H21N3O4S/c1-3-5-7-15(4-2)20(18,19)11-9-13-14(10-11)8-6-12(16)17/h9-10H,3-8H2,1-2H3,(H,16,17). The summed E-state index contributed by atoms with van der Waals surface area (Å²) in [5.41, 5.74) is 0. The molecule has 0 amide bonds. The van der Waals surface area contributed by atoms with Gasteiger partial charge >= 0.3 is 5.97 Å². The van der Waals surface area contributed by atoms with E-state index in [2.05, 4.69) is 5.10 Å². The van der Waals surface area contributed by atoms with E-state index in [9.17, 15) is 13.2 Å². The Hall–Kier alpha value is -1.41. The van der Waals surface area contributed by atoms with Crippen LogP contribution in [0.1, 0.15) is 33.1 Å². The summed E-state index contributed by atoms with van der Waals surface area (Å²) in [5.74, 6) is -0.942. The maximum atomic E-state index is 12.4. The SMILES string of the molecule is CCCCN(CC)S(=O)(=O)c1cnn(CCC(=O)O)c1. The largest absolute Gasteiger partial charge is 0.481 e. The van der Waals surface area contributed by atoms with Crippen molar-refractivity contribution in [3.63, 3.8) is 0 Å². The fraction of sp³-hybridized carbons (Fsp3) is 0.667. The molecule has 0 aliphatic carbocycles. The van der Waals surface area contributed by atoms with Gasteiger partial charge in [0.1, 0.15) is 4.90 Å². The Kier molecular flexibility index (Phi) is 6.15. The van der Waals surface area contributed by atoms with Gasteiger partial charge in [-0.05, 0) is 6.42 Å². The molecule has 1 rings (SSSR count). The predicted molar refractivity (Wildman–Crippen MR) is 73.8 cm³/mol. The maximum absolute atomic E-state index is 12.4. The molecule has 1 aromatic rings. The highest BCUT2D eigenvalue weighted by Crippen LogP contribution is 2.15. The zero-order chi connectivity index (χ0) is 15.2. The number of aromatic nitrogens is 2. The van der Waals surface area contributed by atoms with Crippen LogP contribution in [0.15, 0.2) is 17.3 Å². The van der Waals surface area contributed by atoms with Crippen LogP contribution < -0.4 is 0 Å². The van der Waals surface area contributed by atoms with Crippen LogP contribution in [0.3, 0.4) is 0 Å². The maximum Gasteiger partial charge on any atom is 0.305 e. The number of carboxylic acid groups (broad SMARTS) is 1. The number of hydrogen-bond acceptors (Lipinski definition) is 4. The number of sulfonamides is 1. The molecule has 1 aromatic heterocycles. The number of rotatable bonds is 9. The normalized spacial score (nSPS) is 11.9. The van der Waals surface area contributed by atoms with Crippen LogP contribution in [-0.4, -0.2) is 46.7 Å². The summed E-state index contributed by atoms with van der Waals surface area (Å²) >= 11 is 0. The molecule has 0 aromatic carbocycles. The molecule has 0 unspecified atom stereocenters.